The Morgan fingerprint density at radius 3 is 2.39 bits per heavy atom. The van der Waals surface area contributed by atoms with Crippen molar-refractivity contribution in [2.24, 2.45) is 11.3 Å². The van der Waals surface area contributed by atoms with Crippen LogP contribution in [0.25, 0.3) is 0 Å². The number of rotatable bonds is 8. The van der Waals surface area contributed by atoms with Gasteiger partial charge in [0.05, 0.1) is 0 Å². The minimum atomic E-state index is 0.388. The number of nitrogens with one attached hydrogen (secondary N) is 1. The summed E-state index contributed by atoms with van der Waals surface area (Å²) in [6.07, 6.45) is 3.48. The van der Waals surface area contributed by atoms with E-state index < -0.39 is 0 Å². The zero-order chi connectivity index (χ0) is 13.4. The molecule has 1 aliphatic heterocycles. The number of hydrogen-bond acceptors (Lipinski definition) is 3. The van der Waals surface area contributed by atoms with Crippen molar-refractivity contribution in [1.29, 1.82) is 0 Å². The van der Waals surface area contributed by atoms with Gasteiger partial charge in [0.1, 0.15) is 0 Å². The molecule has 0 bridgehead atoms. The van der Waals surface area contributed by atoms with Crippen LogP contribution in [0, 0.1) is 11.3 Å². The van der Waals surface area contributed by atoms with Crippen LogP contribution >= 0.6 is 0 Å². The van der Waals surface area contributed by atoms with Crippen LogP contribution in [-0.4, -0.2) is 39.0 Å². The molecule has 0 aromatic heterocycles. The van der Waals surface area contributed by atoms with E-state index >= 15 is 0 Å². The predicted molar refractivity (Wildman–Crippen MR) is 75.9 cm³/mol. The quantitative estimate of drug-likeness (QED) is 0.678. The fourth-order valence-corrected chi connectivity index (χ4v) is 2.35. The maximum absolute atomic E-state index is 5.76. The lowest BCUT2D eigenvalue weighted by atomic mass is 9.77. The molecule has 0 aromatic rings. The Bertz CT molecular complexity index is 211. The van der Waals surface area contributed by atoms with Crippen LogP contribution in [0.4, 0.5) is 0 Å². The summed E-state index contributed by atoms with van der Waals surface area (Å²) in [5.41, 5.74) is 0.388. The molecule has 0 aliphatic carbocycles. The molecule has 0 atom stereocenters. The first-order valence-electron chi connectivity index (χ1n) is 7.43. The van der Waals surface area contributed by atoms with Crippen molar-refractivity contribution in [2.45, 2.75) is 53.0 Å². The van der Waals surface area contributed by atoms with E-state index in [9.17, 15) is 0 Å². The third kappa shape index (κ3) is 6.17. The van der Waals surface area contributed by atoms with Crippen molar-refractivity contribution in [1.82, 2.24) is 5.32 Å². The molecular weight excluding hydrogens is 226 g/mol. The van der Waals surface area contributed by atoms with E-state index in [2.05, 4.69) is 33.0 Å². The second-order valence-electron chi connectivity index (χ2n) is 6.37. The Morgan fingerprint density at radius 2 is 1.83 bits per heavy atom. The molecule has 18 heavy (non-hydrogen) atoms. The monoisotopic (exact) mass is 257 g/mol. The Hall–Kier alpha value is -0.120. The molecule has 0 saturated carbocycles. The van der Waals surface area contributed by atoms with Crippen LogP contribution in [0.5, 0.6) is 0 Å². The van der Waals surface area contributed by atoms with Crippen LogP contribution in [0.3, 0.4) is 0 Å². The summed E-state index contributed by atoms with van der Waals surface area (Å²) in [7, 11) is 0. The molecule has 1 saturated heterocycles. The van der Waals surface area contributed by atoms with Gasteiger partial charge < -0.3 is 14.8 Å². The Labute approximate surface area is 113 Å². The fraction of sp³-hybridized carbons (Fsp3) is 1.00. The van der Waals surface area contributed by atoms with Crippen LogP contribution in [0.1, 0.15) is 47.0 Å². The topological polar surface area (TPSA) is 30.5 Å². The smallest absolute Gasteiger partial charge is 0.0488 e. The van der Waals surface area contributed by atoms with E-state index in [1.54, 1.807) is 0 Å². The van der Waals surface area contributed by atoms with Crippen molar-refractivity contribution in [3.8, 4) is 0 Å². The highest BCUT2D eigenvalue weighted by molar-refractivity contribution is 4.84. The molecule has 0 unspecified atom stereocenters. The molecule has 3 nitrogen and oxygen atoms in total. The average Bonchev–Trinajstić information content (AvgIpc) is 2.33. The summed E-state index contributed by atoms with van der Waals surface area (Å²) in [4.78, 5) is 0. The van der Waals surface area contributed by atoms with E-state index in [0.717, 1.165) is 52.2 Å². The highest BCUT2D eigenvalue weighted by Gasteiger charge is 2.32. The van der Waals surface area contributed by atoms with Gasteiger partial charge in [0.25, 0.3) is 0 Å². The van der Waals surface area contributed by atoms with E-state index in [4.69, 9.17) is 9.47 Å². The van der Waals surface area contributed by atoms with Crippen LogP contribution < -0.4 is 5.32 Å². The van der Waals surface area contributed by atoms with Gasteiger partial charge in [0.15, 0.2) is 0 Å². The van der Waals surface area contributed by atoms with Gasteiger partial charge in [-0.15, -0.1) is 0 Å². The van der Waals surface area contributed by atoms with Gasteiger partial charge in [-0.1, -0.05) is 27.7 Å². The zero-order valence-electron chi connectivity index (χ0n) is 12.6. The Kier molecular flexibility index (Phi) is 7.20. The van der Waals surface area contributed by atoms with Crippen molar-refractivity contribution in [3.05, 3.63) is 0 Å². The minimum Gasteiger partial charge on any atom is -0.381 e. The zero-order valence-corrected chi connectivity index (χ0v) is 12.6. The van der Waals surface area contributed by atoms with Gasteiger partial charge in [-0.3, -0.25) is 0 Å². The molecule has 3 heteroatoms. The van der Waals surface area contributed by atoms with Crippen molar-refractivity contribution in [2.75, 3.05) is 33.0 Å². The summed E-state index contributed by atoms with van der Waals surface area (Å²) in [5.74, 6) is 0.629. The predicted octanol–water partition coefficient (Wildman–Crippen LogP) is 2.84. The average molecular weight is 257 g/mol. The van der Waals surface area contributed by atoms with E-state index in [1.807, 2.05) is 0 Å². The van der Waals surface area contributed by atoms with Gasteiger partial charge >= 0.3 is 0 Å². The molecule has 1 fully saturated rings. The maximum atomic E-state index is 5.76. The lowest BCUT2D eigenvalue weighted by Crippen LogP contribution is -2.42. The molecule has 1 heterocycles. The van der Waals surface area contributed by atoms with Gasteiger partial charge in [-0.25, -0.2) is 0 Å². The van der Waals surface area contributed by atoms with Gasteiger partial charge in [0.2, 0.25) is 0 Å². The SMILES string of the molecule is CC(C)COCCC1(CNC(C)C)CCOCC1. The molecule has 0 amide bonds. The standard InChI is InChI=1S/C15H31NO2/c1-13(2)11-18-10-7-15(12-16-14(3)4)5-8-17-9-6-15/h13-14,16H,5-12H2,1-4H3. The largest absolute Gasteiger partial charge is 0.381 e. The van der Waals surface area contributed by atoms with Crippen molar-refractivity contribution >= 4 is 0 Å². The first-order chi connectivity index (χ1) is 8.54. The van der Waals surface area contributed by atoms with E-state index in [1.165, 1.54) is 0 Å². The molecule has 1 rings (SSSR count). The molecule has 1 N–H and O–H groups in total. The molecule has 1 aliphatic rings. The summed E-state index contributed by atoms with van der Waals surface area (Å²) in [6.45, 7) is 13.5. The first kappa shape index (κ1) is 15.9. The van der Waals surface area contributed by atoms with Gasteiger partial charge in [-0.2, -0.15) is 0 Å². The Morgan fingerprint density at radius 1 is 1.17 bits per heavy atom. The fourth-order valence-electron chi connectivity index (χ4n) is 2.35. The molecular formula is C15H31NO2. The molecule has 108 valence electrons. The summed E-state index contributed by atoms with van der Waals surface area (Å²) in [5, 5.41) is 3.59. The molecule has 0 radical (unpaired) electrons. The highest BCUT2D eigenvalue weighted by Crippen LogP contribution is 2.33. The third-order valence-corrected chi connectivity index (χ3v) is 3.67. The van der Waals surface area contributed by atoms with Gasteiger partial charge in [0, 0.05) is 39.0 Å². The number of hydrogen-bond donors (Lipinski definition) is 1. The summed E-state index contributed by atoms with van der Waals surface area (Å²) in [6, 6.07) is 0.557. The van der Waals surface area contributed by atoms with Crippen LogP contribution in [0.2, 0.25) is 0 Å². The summed E-state index contributed by atoms with van der Waals surface area (Å²) < 4.78 is 11.3. The number of ether oxygens (including phenoxy) is 2. The van der Waals surface area contributed by atoms with Crippen molar-refractivity contribution < 1.29 is 9.47 Å². The second kappa shape index (κ2) is 8.13. The lowest BCUT2D eigenvalue weighted by molar-refractivity contribution is -0.00937. The second-order valence-corrected chi connectivity index (χ2v) is 6.37. The summed E-state index contributed by atoms with van der Waals surface area (Å²) >= 11 is 0. The molecule has 0 spiro atoms. The Balaban J connectivity index is 2.34. The maximum Gasteiger partial charge on any atom is 0.0488 e. The van der Waals surface area contributed by atoms with Crippen molar-refractivity contribution in [3.63, 3.8) is 0 Å². The first-order valence-corrected chi connectivity index (χ1v) is 7.43. The minimum absolute atomic E-state index is 0.388. The normalized spacial score (nSPS) is 19.7. The third-order valence-electron chi connectivity index (χ3n) is 3.67. The van der Waals surface area contributed by atoms with Crippen LogP contribution in [-0.2, 0) is 9.47 Å². The van der Waals surface area contributed by atoms with Crippen LogP contribution in [0.15, 0.2) is 0 Å². The van der Waals surface area contributed by atoms with E-state index in [-0.39, 0.29) is 0 Å². The van der Waals surface area contributed by atoms with E-state index in [0.29, 0.717) is 17.4 Å². The highest BCUT2D eigenvalue weighted by atomic mass is 16.5. The molecule has 0 aromatic carbocycles. The lowest BCUT2D eigenvalue weighted by Gasteiger charge is -2.38. The van der Waals surface area contributed by atoms with Gasteiger partial charge in [-0.05, 0) is 30.6 Å².